The molecule has 2 aliphatic rings. The SMILES string of the molecule is Cn1c(C(=O)Nc2cccc(-c3cccc4c3CCC4O)c2C#N)nc2c1CCNC2. The first-order valence-electron chi connectivity index (χ1n) is 10.5. The van der Waals surface area contributed by atoms with E-state index in [9.17, 15) is 15.2 Å². The number of nitrogens with one attached hydrogen (secondary N) is 2. The fourth-order valence-electron chi connectivity index (χ4n) is 4.72. The molecule has 0 spiro atoms. The van der Waals surface area contributed by atoms with E-state index in [2.05, 4.69) is 21.7 Å². The summed E-state index contributed by atoms with van der Waals surface area (Å²) in [6, 6.07) is 13.5. The highest BCUT2D eigenvalue weighted by Gasteiger charge is 2.26. The summed E-state index contributed by atoms with van der Waals surface area (Å²) in [5, 5.41) is 26.4. The Labute approximate surface area is 180 Å². The molecule has 1 unspecified atom stereocenters. The molecule has 1 aliphatic heterocycles. The summed E-state index contributed by atoms with van der Waals surface area (Å²) in [6.07, 6.45) is 1.81. The molecule has 2 heterocycles. The molecule has 2 aromatic carbocycles. The lowest BCUT2D eigenvalue weighted by Crippen LogP contribution is -2.24. The summed E-state index contributed by atoms with van der Waals surface area (Å²) in [7, 11) is 1.85. The van der Waals surface area contributed by atoms with Gasteiger partial charge >= 0.3 is 0 Å². The van der Waals surface area contributed by atoms with Crippen LogP contribution in [0.5, 0.6) is 0 Å². The van der Waals surface area contributed by atoms with Gasteiger partial charge in [0.25, 0.3) is 5.91 Å². The number of nitrogens with zero attached hydrogens (tertiary/aromatic N) is 3. The van der Waals surface area contributed by atoms with E-state index in [1.54, 1.807) is 6.07 Å². The van der Waals surface area contributed by atoms with Crippen molar-refractivity contribution in [1.29, 1.82) is 5.26 Å². The molecule has 7 heteroatoms. The zero-order valence-corrected chi connectivity index (χ0v) is 17.3. The molecule has 1 amide bonds. The summed E-state index contributed by atoms with van der Waals surface area (Å²) in [6.45, 7) is 1.52. The molecule has 1 aliphatic carbocycles. The number of aliphatic hydroxyl groups excluding tert-OH is 1. The number of anilines is 1. The topological polar surface area (TPSA) is 103 Å². The number of aliphatic hydroxyl groups is 1. The van der Waals surface area contributed by atoms with Crippen molar-refractivity contribution < 1.29 is 9.90 Å². The lowest BCUT2D eigenvalue weighted by molar-refractivity contribution is 0.101. The van der Waals surface area contributed by atoms with Gasteiger partial charge in [-0.25, -0.2) is 4.98 Å². The average molecular weight is 413 g/mol. The van der Waals surface area contributed by atoms with Gasteiger partial charge in [0.2, 0.25) is 0 Å². The largest absolute Gasteiger partial charge is 0.388 e. The van der Waals surface area contributed by atoms with Crippen LogP contribution in [0.3, 0.4) is 0 Å². The van der Waals surface area contributed by atoms with Crippen LogP contribution in [0, 0.1) is 11.3 Å². The average Bonchev–Trinajstić information content (AvgIpc) is 3.34. The van der Waals surface area contributed by atoms with Crippen LogP contribution < -0.4 is 10.6 Å². The van der Waals surface area contributed by atoms with Gasteiger partial charge in [0, 0.05) is 37.8 Å². The second kappa shape index (κ2) is 7.65. The molecule has 0 saturated carbocycles. The smallest absolute Gasteiger partial charge is 0.291 e. The van der Waals surface area contributed by atoms with Crippen molar-refractivity contribution in [3.8, 4) is 17.2 Å². The monoisotopic (exact) mass is 413 g/mol. The Balaban J connectivity index is 1.52. The number of benzene rings is 2. The summed E-state index contributed by atoms with van der Waals surface area (Å²) < 4.78 is 1.84. The van der Waals surface area contributed by atoms with Gasteiger partial charge in [0.05, 0.1) is 23.0 Å². The second-order valence-electron chi connectivity index (χ2n) is 8.04. The predicted molar refractivity (Wildman–Crippen MR) is 116 cm³/mol. The molecule has 1 atom stereocenters. The van der Waals surface area contributed by atoms with E-state index in [0.717, 1.165) is 53.0 Å². The normalized spacial score (nSPS) is 17.0. The van der Waals surface area contributed by atoms with Crippen LogP contribution in [-0.4, -0.2) is 27.1 Å². The molecule has 5 rings (SSSR count). The van der Waals surface area contributed by atoms with E-state index < -0.39 is 6.10 Å². The van der Waals surface area contributed by atoms with Crippen LogP contribution in [0.25, 0.3) is 11.1 Å². The molecular formula is C24H23N5O2. The Morgan fingerprint density at radius 3 is 2.87 bits per heavy atom. The molecule has 0 bridgehead atoms. The van der Waals surface area contributed by atoms with Gasteiger partial charge in [0.15, 0.2) is 5.82 Å². The quantitative estimate of drug-likeness (QED) is 0.613. The number of carbonyl (C=O) groups excluding carboxylic acids is 1. The molecule has 31 heavy (non-hydrogen) atoms. The maximum absolute atomic E-state index is 13.0. The van der Waals surface area contributed by atoms with Gasteiger partial charge in [-0.3, -0.25) is 4.79 Å². The molecule has 0 fully saturated rings. The van der Waals surface area contributed by atoms with Crippen LogP contribution in [0.2, 0.25) is 0 Å². The van der Waals surface area contributed by atoms with Gasteiger partial charge < -0.3 is 20.3 Å². The number of nitriles is 1. The molecule has 0 radical (unpaired) electrons. The van der Waals surface area contributed by atoms with Crippen molar-refractivity contribution in [3.63, 3.8) is 0 Å². The van der Waals surface area contributed by atoms with Crippen molar-refractivity contribution >= 4 is 11.6 Å². The molecule has 156 valence electrons. The number of rotatable bonds is 3. The Morgan fingerprint density at radius 2 is 2.06 bits per heavy atom. The first-order chi connectivity index (χ1) is 15.1. The van der Waals surface area contributed by atoms with Gasteiger partial charge in [-0.1, -0.05) is 30.3 Å². The lowest BCUT2D eigenvalue weighted by Gasteiger charge is -2.14. The van der Waals surface area contributed by atoms with Gasteiger partial charge in [-0.2, -0.15) is 5.26 Å². The predicted octanol–water partition coefficient (Wildman–Crippen LogP) is 2.84. The Hall–Kier alpha value is -3.47. The Bertz CT molecular complexity index is 1240. The zero-order chi connectivity index (χ0) is 21.5. The number of carbonyl (C=O) groups is 1. The number of hydrogen-bond acceptors (Lipinski definition) is 5. The van der Waals surface area contributed by atoms with Crippen molar-refractivity contribution in [2.24, 2.45) is 7.05 Å². The van der Waals surface area contributed by atoms with Crippen LogP contribution in [-0.2, 0) is 26.4 Å². The van der Waals surface area contributed by atoms with Gasteiger partial charge in [-0.15, -0.1) is 0 Å². The van der Waals surface area contributed by atoms with Crippen molar-refractivity contribution in [1.82, 2.24) is 14.9 Å². The van der Waals surface area contributed by atoms with Gasteiger partial charge in [0.1, 0.15) is 6.07 Å². The minimum atomic E-state index is -0.465. The summed E-state index contributed by atoms with van der Waals surface area (Å²) in [5.74, 6) is 0.00554. The van der Waals surface area contributed by atoms with Crippen LogP contribution in [0.1, 0.15) is 51.2 Å². The minimum absolute atomic E-state index is 0.334. The van der Waals surface area contributed by atoms with Crippen molar-refractivity contribution in [3.05, 3.63) is 70.3 Å². The van der Waals surface area contributed by atoms with E-state index in [1.165, 1.54) is 0 Å². The summed E-state index contributed by atoms with van der Waals surface area (Å²) in [5.41, 5.74) is 6.51. The number of imidazole rings is 1. The lowest BCUT2D eigenvalue weighted by atomic mass is 9.93. The van der Waals surface area contributed by atoms with E-state index >= 15 is 0 Å². The second-order valence-corrected chi connectivity index (χ2v) is 8.04. The Kier molecular flexibility index (Phi) is 4.81. The standard InChI is InChI=1S/C24H23N5O2/c1-29-21-10-11-26-13-20(21)27-23(29)24(31)28-19-7-3-5-15(18(19)12-25)14-4-2-6-17-16(14)8-9-22(17)30/h2-7,22,26,30H,8-11,13H2,1H3,(H,28,31). The minimum Gasteiger partial charge on any atom is -0.388 e. The van der Waals surface area contributed by atoms with Crippen LogP contribution in [0.15, 0.2) is 36.4 Å². The first-order valence-corrected chi connectivity index (χ1v) is 10.5. The van der Waals surface area contributed by atoms with E-state index in [4.69, 9.17) is 0 Å². The highest BCUT2D eigenvalue weighted by molar-refractivity contribution is 6.03. The molecule has 0 saturated heterocycles. The third-order valence-electron chi connectivity index (χ3n) is 6.28. The molecular weight excluding hydrogens is 390 g/mol. The number of amides is 1. The molecule has 7 nitrogen and oxygen atoms in total. The first kappa shape index (κ1) is 19.5. The number of aromatic nitrogens is 2. The highest BCUT2D eigenvalue weighted by Crippen LogP contribution is 2.39. The fraction of sp³-hybridized carbons (Fsp3) is 0.292. The molecule has 1 aromatic heterocycles. The van der Waals surface area contributed by atoms with Crippen LogP contribution in [0.4, 0.5) is 5.69 Å². The van der Waals surface area contributed by atoms with E-state index in [-0.39, 0.29) is 5.91 Å². The molecule has 3 N–H and O–H groups in total. The maximum atomic E-state index is 13.0. The van der Waals surface area contributed by atoms with Crippen molar-refractivity contribution in [2.75, 3.05) is 11.9 Å². The van der Waals surface area contributed by atoms with Gasteiger partial charge in [-0.05, 0) is 35.6 Å². The fourth-order valence-corrected chi connectivity index (χ4v) is 4.72. The zero-order valence-electron chi connectivity index (χ0n) is 17.3. The molecule has 3 aromatic rings. The third-order valence-corrected chi connectivity index (χ3v) is 6.28. The third kappa shape index (κ3) is 3.21. The van der Waals surface area contributed by atoms with Crippen LogP contribution >= 0.6 is 0 Å². The summed E-state index contributed by atoms with van der Waals surface area (Å²) >= 11 is 0. The summed E-state index contributed by atoms with van der Waals surface area (Å²) in [4.78, 5) is 17.6. The number of hydrogen-bond donors (Lipinski definition) is 3. The van der Waals surface area contributed by atoms with E-state index in [0.29, 0.717) is 30.0 Å². The number of fused-ring (bicyclic) bond motifs is 2. The van der Waals surface area contributed by atoms with E-state index in [1.807, 2.05) is 41.9 Å². The highest BCUT2D eigenvalue weighted by atomic mass is 16.3. The van der Waals surface area contributed by atoms with Crippen molar-refractivity contribution in [2.45, 2.75) is 31.9 Å². The Morgan fingerprint density at radius 1 is 1.26 bits per heavy atom. The maximum Gasteiger partial charge on any atom is 0.291 e.